The van der Waals surface area contributed by atoms with E-state index in [4.69, 9.17) is 23.2 Å². The molecule has 0 aliphatic carbocycles. The van der Waals surface area contributed by atoms with Gasteiger partial charge in [0, 0.05) is 12.2 Å². The summed E-state index contributed by atoms with van der Waals surface area (Å²) in [5.41, 5.74) is 1.29. The van der Waals surface area contributed by atoms with Crippen molar-refractivity contribution in [2.75, 3.05) is 19.0 Å². The van der Waals surface area contributed by atoms with Gasteiger partial charge in [0.05, 0.1) is 34.2 Å². The van der Waals surface area contributed by atoms with E-state index in [0.29, 0.717) is 21.8 Å². The number of sulfonamides is 1. The summed E-state index contributed by atoms with van der Waals surface area (Å²) in [6.45, 7) is -0.543. The minimum Gasteiger partial charge on any atom is -0.465 e. The Morgan fingerprint density at radius 2 is 1.61 bits per heavy atom. The maximum atomic E-state index is 13.3. The number of rotatable bonds is 8. The van der Waals surface area contributed by atoms with Gasteiger partial charge in [0.15, 0.2) is 0 Å². The van der Waals surface area contributed by atoms with Crippen LogP contribution in [0.3, 0.4) is 0 Å². The fourth-order valence-electron chi connectivity index (χ4n) is 2.98. The number of benzene rings is 3. The zero-order valence-electron chi connectivity index (χ0n) is 17.5. The molecule has 7 nitrogen and oxygen atoms in total. The molecule has 0 bridgehead atoms. The van der Waals surface area contributed by atoms with Crippen LogP contribution in [0.2, 0.25) is 10.0 Å². The summed E-state index contributed by atoms with van der Waals surface area (Å²) in [4.78, 5) is 24.3. The molecule has 0 atom stereocenters. The first-order chi connectivity index (χ1) is 15.7. The number of ether oxygens (including phenoxy) is 1. The summed E-state index contributed by atoms with van der Waals surface area (Å²) in [7, 11) is -2.72. The van der Waals surface area contributed by atoms with Gasteiger partial charge < -0.3 is 10.1 Å². The monoisotopic (exact) mass is 506 g/mol. The molecule has 0 aromatic heterocycles. The number of halogens is 2. The van der Waals surface area contributed by atoms with Gasteiger partial charge in [-0.25, -0.2) is 13.2 Å². The van der Waals surface area contributed by atoms with Crippen LogP contribution in [0.5, 0.6) is 0 Å². The van der Waals surface area contributed by atoms with Crippen LogP contribution >= 0.6 is 23.2 Å². The summed E-state index contributed by atoms with van der Waals surface area (Å²) in [5, 5.41) is 3.26. The van der Waals surface area contributed by atoms with E-state index in [1.807, 2.05) is 0 Å². The molecule has 33 heavy (non-hydrogen) atoms. The van der Waals surface area contributed by atoms with Gasteiger partial charge in [-0.1, -0.05) is 47.5 Å². The average molecular weight is 507 g/mol. The quantitative estimate of drug-likeness (QED) is 0.450. The highest BCUT2D eigenvalue weighted by molar-refractivity contribution is 7.89. The van der Waals surface area contributed by atoms with Crippen LogP contribution in [-0.4, -0.2) is 38.3 Å². The molecule has 172 valence electrons. The number of amides is 1. The van der Waals surface area contributed by atoms with E-state index in [0.717, 1.165) is 4.31 Å². The summed E-state index contributed by atoms with van der Waals surface area (Å²) < 4.78 is 32.2. The molecule has 0 fully saturated rings. The van der Waals surface area contributed by atoms with E-state index < -0.39 is 28.4 Å². The third-order valence-corrected chi connectivity index (χ3v) is 7.18. The van der Waals surface area contributed by atoms with Gasteiger partial charge in [0.1, 0.15) is 0 Å². The van der Waals surface area contributed by atoms with E-state index in [1.54, 1.807) is 36.4 Å². The van der Waals surface area contributed by atoms with Crippen LogP contribution in [0.15, 0.2) is 77.7 Å². The van der Waals surface area contributed by atoms with E-state index in [1.165, 1.54) is 43.5 Å². The molecule has 10 heteroatoms. The molecule has 0 aliphatic heterocycles. The molecule has 1 N–H and O–H groups in total. The highest BCUT2D eigenvalue weighted by Crippen LogP contribution is 2.25. The Morgan fingerprint density at radius 1 is 0.939 bits per heavy atom. The summed E-state index contributed by atoms with van der Waals surface area (Å²) in [5.74, 6) is -1.06. The van der Waals surface area contributed by atoms with Gasteiger partial charge in [0.2, 0.25) is 15.9 Å². The highest BCUT2D eigenvalue weighted by atomic mass is 35.5. The Hall–Kier alpha value is -2.91. The fraction of sp³-hybridized carbons (Fsp3) is 0.130. The van der Waals surface area contributed by atoms with E-state index in [9.17, 15) is 18.0 Å². The van der Waals surface area contributed by atoms with Crippen molar-refractivity contribution in [1.82, 2.24) is 4.31 Å². The lowest BCUT2D eigenvalue weighted by atomic mass is 10.2. The van der Waals surface area contributed by atoms with E-state index >= 15 is 0 Å². The van der Waals surface area contributed by atoms with Gasteiger partial charge in [-0.2, -0.15) is 4.31 Å². The van der Waals surface area contributed by atoms with Crippen LogP contribution in [-0.2, 0) is 26.1 Å². The summed E-state index contributed by atoms with van der Waals surface area (Å²) in [6, 6.07) is 18.6. The van der Waals surface area contributed by atoms with Crippen LogP contribution in [0.25, 0.3) is 0 Å². The standard InChI is InChI=1S/C23H20Cl2N2O5S/c1-32-23(29)17-8-10-18(11-9-17)26-22(28)15-27(14-16-7-12-20(24)21(25)13-16)33(30,31)19-5-3-2-4-6-19/h2-13H,14-15H2,1H3,(H,26,28). The number of carbonyl (C=O) groups is 2. The first kappa shape index (κ1) is 24.7. The van der Waals surface area contributed by atoms with Crippen LogP contribution in [0.4, 0.5) is 5.69 Å². The molecular weight excluding hydrogens is 487 g/mol. The second-order valence-corrected chi connectivity index (χ2v) is 9.70. The second kappa shape index (κ2) is 10.8. The Kier molecular flexibility index (Phi) is 8.10. The number of hydrogen-bond donors (Lipinski definition) is 1. The first-order valence-electron chi connectivity index (χ1n) is 9.68. The third-order valence-electron chi connectivity index (χ3n) is 4.63. The lowest BCUT2D eigenvalue weighted by Gasteiger charge is -2.22. The molecule has 1 amide bonds. The molecule has 3 rings (SSSR count). The number of anilines is 1. The van der Waals surface area contributed by atoms with Gasteiger partial charge in [-0.05, 0) is 54.1 Å². The first-order valence-corrected chi connectivity index (χ1v) is 11.9. The van der Waals surface area contributed by atoms with Crippen molar-refractivity contribution in [3.8, 4) is 0 Å². The molecule has 0 radical (unpaired) electrons. The van der Waals surface area contributed by atoms with Crippen molar-refractivity contribution in [2.24, 2.45) is 0 Å². The third kappa shape index (κ3) is 6.33. The maximum absolute atomic E-state index is 13.3. The van der Waals surface area contributed by atoms with Crippen molar-refractivity contribution in [3.63, 3.8) is 0 Å². The van der Waals surface area contributed by atoms with Crippen molar-refractivity contribution in [1.29, 1.82) is 0 Å². The largest absolute Gasteiger partial charge is 0.465 e. The normalized spacial score (nSPS) is 11.3. The zero-order valence-corrected chi connectivity index (χ0v) is 19.8. The number of esters is 1. The molecule has 0 saturated heterocycles. The lowest BCUT2D eigenvalue weighted by molar-refractivity contribution is -0.116. The number of methoxy groups -OCH3 is 1. The second-order valence-electron chi connectivity index (χ2n) is 6.95. The van der Waals surface area contributed by atoms with E-state index in [-0.39, 0.29) is 16.5 Å². The van der Waals surface area contributed by atoms with Crippen LogP contribution in [0, 0.1) is 0 Å². The van der Waals surface area contributed by atoms with Gasteiger partial charge >= 0.3 is 5.97 Å². The van der Waals surface area contributed by atoms with Gasteiger partial charge in [0.25, 0.3) is 0 Å². The molecule has 0 aliphatic rings. The highest BCUT2D eigenvalue weighted by Gasteiger charge is 2.27. The molecular formula is C23H20Cl2N2O5S. The smallest absolute Gasteiger partial charge is 0.337 e. The Balaban J connectivity index is 1.83. The molecule has 0 spiro atoms. The SMILES string of the molecule is COC(=O)c1ccc(NC(=O)CN(Cc2ccc(Cl)c(Cl)c2)S(=O)(=O)c2ccccc2)cc1. The number of carbonyl (C=O) groups excluding carboxylic acids is 2. The summed E-state index contributed by atoms with van der Waals surface area (Å²) in [6.07, 6.45) is 0. The van der Waals surface area contributed by atoms with Crippen molar-refractivity contribution in [2.45, 2.75) is 11.4 Å². The lowest BCUT2D eigenvalue weighted by Crippen LogP contribution is -2.37. The molecule has 0 unspecified atom stereocenters. The number of nitrogens with one attached hydrogen (secondary N) is 1. The minimum atomic E-state index is -4.00. The Bertz CT molecular complexity index is 1250. The van der Waals surface area contributed by atoms with Crippen LogP contribution in [0.1, 0.15) is 15.9 Å². The number of hydrogen-bond acceptors (Lipinski definition) is 5. The molecule has 0 heterocycles. The van der Waals surface area contributed by atoms with Gasteiger partial charge in [-0.15, -0.1) is 0 Å². The van der Waals surface area contributed by atoms with Crippen molar-refractivity contribution < 1.29 is 22.7 Å². The molecule has 0 saturated carbocycles. The minimum absolute atomic E-state index is 0.0558. The van der Waals surface area contributed by atoms with Crippen molar-refractivity contribution >= 4 is 50.8 Å². The number of nitrogens with zero attached hydrogens (tertiary/aromatic N) is 1. The maximum Gasteiger partial charge on any atom is 0.337 e. The molecule has 3 aromatic carbocycles. The Labute approximate surface area is 201 Å². The summed E-state index contributed by atoms with van der Waals surface area (Å²) >= 11 is 12.0. The zero-order chi connectivity index (χ0) is 24.0. The van der Waals surface area contributed by atoms with Crippen molar-refractivity contribution in [3.05, 3.63) is 94.0 Å². The van der Waals surface area contributed by atoms with E-state index in [2.05, 4.69) is 10.1 Å². The topological polar surface area (TPSA) is 92.8 Å². The Morgan fingerprint density at radius 3 is 2.21 bits per heavy atom. The fourth-order valence-corrected chi connectivity index (χ4v) is 4.70. The van der Waals surface area contributed by atoms with Crippen LogP contribution < -0.4 is 5.32 Å². The van der Waals surface area contributed by atoms with Gasteiger partial charge in [-0.3, -0.25) is 4.79 Å². The molecule has 3 aromatic rings. The predicted octanol–water partition coefficient (Wildman–Crippen LogP) is 4.61. The predicted molar refractivity (Wildman–Crippen MR) is 127 cm³/mol. The average Bonchev–Trinajstić information content (AvgIpc) is 2.81.